The second-order valence-electron chi connectivity index (χ2n) is 4.45. The zero-order valence-electron chi connectivity index (χ0n) is 10.9. The number of anilines is 1. The number of nitrogens with zero attached hydrogens (tertiary/aromatic N) is 1. The number of rotatable bonds is 5. The minimum Gasteiger partial charge on any atom is -0.473 e. The van der Waals surface area contributed by atoms with Gasteiger partial charge in [-0.15, -0.1) is 0 Å². The Morgan fingerprint density at radius 3 is 2.78 bits per heavy atom. The standard InChI is InChI=1S/C14H18N2OS/c1-10(2)17-14-13(5-4-7-15-14)16-11(3)12-6-8-18-9-12/h4-11,16H,1-3H3. The lowest BCUT2D eigenvalue weighted by Crippen LogP contribution is -2.11. The fourth-order valence-corrected chi connectivity index (χ4v) is 2.41. The van der Waals surface area contributed by atoms with Crippen LogP contribution >= 0.6 is 11.3 Å². The molecule has 1 atom stereocenters. The van der Waals surface area contributed by atoms with E-state index >= 15 is 0 Å². The largest absolute Gasteiger partial charge is 0.473 e. The molecule has 0 saturated carbocycles. The summed E-state index contributed by atoms with van der Waals surface area (Å²) in [5.41, 5.74) is 2.21. The van der Waals surface area contributed by atoms with E-state index in [2.05, 4.69) is 34.1 Å². The van der Waals surface area contributed by atoms with Crippen LogP contribution in [-0.4, -0.2) is 11.1 Å². The van der Waals surface area contributed by atoms with Crippen molar-refractivity contribution in [3.05, 3.63) is 40.7 Å². The fraction of sp³-hybridized carbons (Fsp3) is 0.357. The molecule has 18 heavy (non-hydrogen) atoms. The highest BCUT2D eigenvalue weighted by atomic mass is 32.1. The van der Waals surface area contributed by atoms with Crippen LogP contribution in [0.4, 0.5) is 5.69 Å². The summed E-state index contributed by atoms with van der Waals surface area (Å²) in [5.74, 6) is 0.662. The Kier molecular flexibility index (Phi) is 4.20. The van der Waals surface area contributed by atoms with Gasteiger partial charge < -0.3 is 10.1 Å². The van der Waals surface area contributed by atoms with Gasteiger partial charge in [0.15, 0.2) is 0 Å². The highest BCUT2D eigenvalue weighted by molar-refractivity contribution is 7.07. The van der Waals surface area contributed by atoms with Crippen molar-refractivity contribution >= 4 is 17.0 Å². The average molecular weight is 262 g/mol. The number of pyridine rings is 1. The van der Waals surface area contributed by atoms with Gasteiger partial charge in [-0.1, -0.05) is 0 Å². The molecule has 0 aliphatic rings. The van der Waals surface area contributed by atoms with Gasteiger partial charge in [-0.2, -0.15) is 11.3 Å². The van der Waals surface area contributed by atoms with Gasteiger partial charge in [-0.05, 0) is 55.3 Å². The molecule has 0 aliphatic heterocycles. The molecule has 0 aliphatic carbocycles. The van der Waals surface area contributed by atoms with Crippen molar-refractivity contribution < 1.29 is 4.74 Å². The summed E-state index contributed by atoms with van der Waals surface area (Å²) >= 11 is 1.71. The molecule has 0 saturated heterocycles. The van der Waals surface area contributed by atoms with Crippen molar-refractivity contribution in [3.63, 3.8) is 0 Å². The van der Waals surface area contributed by atoms with Crippen molar-refractivity contribution in [3.8, 4) is 5.88 Å². The van der Waals surface area contributed by atoms with Gasteiger partial charge in [0.1, 0.15) is 0 Å². The Hall–Kier alpha value is -1.55. The zero-order chi connectivity index (χ0) is 13.0. The van der Waals surface area contributed by atoms with Crippen molar-refractivity contribution in [2.75, 3.05) is 5.32 Å². The van der Waals surface area contributed by atoms with Gasteiger partial charge in [-0.3, -0.25) is 0 Å². The van der Waals surface area contributed by atoms with Gasteiger partial charge in [0, 0.05) is 12.2 Å². The first-order valence-electron chi connectivity index (χ1n) is 6.07. The van der Waals surface area contributed by atoms with E-state index in [0.29, 0.717) is 5.88 Å². The molecule has 2 aromatic rings. The van der Waals surface area contributed by atoms with Crippen LogP contribution in [0.5, 0.6) is 5.88 Å². The lowest BCUT2D eigenvalue weighted by Gasteiger charge is -2.18. The van der Waals surface area contributed by atoms with E-state index in [1.807, 2.05) is 26.0 Å². The van der Waals surface area contributed by atoms with Crippen LogP contribution < -0.4 is 10.1 Å². The van der Waals surface area contributed by atoms with Crippen LogP contribution in [0.2, 0.25) is 0 Å². The molecule has 0 aromatic carbocycles. The van der Waals surface area contributed by atoms with Crippen molar-refractivity contribution in [1.82, 2.24) is 4.98 Å². The van der Waals surface area contributed by atoms with Crippen LogP contribution in [-0.2, 0) is 0 Å². The normalized spacial score (nSPS) is 12.4. The fourth-order valence-electron chi connectivity index (χ4n) is 1.66. The monoisotopic (exact) mass is 262 g/mol. The zero-order valence-corrected chi connectivity index (χ0v) is 11.7. The van der Waals surface area contributed by atoms with E-state index in [1.165, 1.54) is 5.56 Å². The third-order valence-electron chi connectivity index (χ3n) is 2.53. The first-order chi connectivity index (χ1) is 8.66. The Morgan fingerprint density at radius 1 is 1.28 bits per heavy atom. The highest BCUT2D eigenvalue weighted by Crippen LogP contribution is 2.27. The Bertz CT molecular complexity index is 482. The second kappa shape index (κ2) is 5.87. The van der Waals surface area contributed by atoms with Gasteiger partial charge >= 0.3 is 0 Å². The molecule has 0 fully saturated rings. The molecule has 2 aromatic heterocycles. The predicted octanol–water partition coefficient (Wildman–Crippen LogP) is 4.10. The van der Waals surface area contributed by atoms with Crippen LogP contribution in [0.1, 0.15) is 32.4 Å². The summed E-state index contributed by atoms with van der Waals surface area (Å²) in [6.45, 7) is 6.13. The van der Waals surface area contributed by atoms with E-state index in [-0.39, 0.29) is 12.1 Å². The Balaban J connectivity index is 2.13. The summed E-state index contributed by atoms with van der Waals surface area (Å²) in [4.78, 5) is 4.27. The lowest BCUT2D eigenvalue weighted by atomic mass is 10.2. The van der Waals surface area contributed by atoms with E-state index in [0.717, 1.165) is 5.69 Å². The molecule has 0 bridgehead atoms. The van der Waals surface area contributed by atoms with E-state index < -0.39 is 0 Å². The average Bonchev–Trinajstić information content (AvgIpc) is 2.84. The van der Waals surface area contributed by atoms with Crippen molar-refractivity contribution in [1.29, 1.82) is 0 Å². The Labute approximate surface area is 112 Å². The van der Waals surface area contributed by atoms with Gasteiger partial charge in [0.25, 0.3) is 0 Å². The molecule has 3 nitrogen and oxygen atoms in total. The summed E-state index contributed by atoms with van der Waals surface area (Å²) in [6.07, 6.45) is 1.87. The van der Waals surface area contributed by atoms with Crippen molar-refractivity contribution in [2.45, 2.75) is 32.9 Å². The molecule has 4 heteroatoms. The molecule has 0 spiro atoms. The molecule has 0 radical (unpaired) electrons. The maximum atomic E-state index is 5.69. The summed E-state index contributed by atoms with van der Waals surface area (Å²) in [6, 6.07) is 6.28. The lowest BCUT2D eigenvalue weighted by molar-refractivity contribution is 0.234. The number of hydrogen-bond acceptors (Lipinski definition) is 4. The molecular formula is C14H18N2OS. The Morgan fingerprint density at radius 2 is 2.11 bits per heavy atom. The van der Waals surface area contributed by atoms with E-state index in [4.69, 9.17) is 4.74 Å². The smallest absolute Gasteiger partial charge is 0.237 e. The van der Waals surface area contributed by atoms with Crippen LogP contribution in [0.25, 0.3) is 0 Å². The number of ether oxygens (including phenoxy) is 1. The van der Waals surface area contributed by atoms with E-state index in [1.54, 1.807) is 17.5 Å². The number of nitrogens with one attached hydrogen (secondary N) is 1. The third-order valence-corrected chi connectivity index (χ3v) is 3.24. The molecule has 96 valence electrons. The van der Waals surface area contributed by atoms with Crippen LogP contribution in [0.15, 0.2) is 35.2 Å². The molecular weight excluding hydrogens is 244 g/mol. The summed E-state index contributed by atoms with van der Waals surface area (Å²) < 4.78 is 5.69. The maximum absolute atomic E-state index is 5.69. The molecule has 2 rings (SSSR count). The SMILES string of the molecule is CC(C)Oc1ncccc1NC(C)c1ccsc1. The first kappa shape index (κ1) is 12.9. The molecule has 2 heterocycles. The first-order valence-corrected chi connectivity index (χ1v) is 7.01. The van der Waals surface area contributed by atoms with Crippen molar-refractivity contribution in [2.24, 2.45) is 0 Å². The minimum atomic E-state index is 0.122. The number of hydrogen-bond donors (Lipinski definition) is 1. The maximum Gasteiger partial charge on any atom is 0.237 e. The highest BCUT2D eigenvalue weighted by Gasteiger charge is 2.11. The molecule has 1 N–H and O–H groups in total. The van der Waals surface area contributed by atoms with Gasteiger partial charge in [0.2, 0.25) is 5.88 Å². The van der Waals surface area contributed by atoms with Crippen LogP contribution in [0.3, 0.4) is 0 Å². The summed E-state index contributed by atoms with van der Waals surface area (Å²) in [5, 5.41) is 7.67. The topological polar surface area (TPSA) is 34.1 Å². The summed E-state index contributed by atoms with van der Waals surface area (Å²) in [7, 11) is 0. The second-order valence-corrected chi connectivity index (χ2v) is 5.23. The number of aromatic nitrogens is 1. The molecule has 0 amide bonds. The van der Waals surface area contributed by atoms with Crippen LogP contribution in [0, 0.1) is 0 Å². The van der Waals surface area contributed by atoms with Gasteiger partial charge in [-0.25, -0.2) is 4.98 Å². The third kappa shape index (κ3) is 3.23. The number of thiophene rings is 1. The minimum absolute atomic E-state index is 0.122. The quantitative estimate of drug-likeness (QED) is 0.880. The van der Waals surface area contributed by atoms with E-state index in [9.17, 15) is 0 Å². The molecule has 1 unspecified atom stereocenters. The van der Waals surface area contributed by atoms with Gasteiger partial charge in [0.05, 0.1) is 11.8 Å². The predicted molar refractivity (Wildman–Crippen MR) is 76.4 cm³/mol.